The van der Waals surface area contributed by atoms with Gasteiger partial charge in [0.25, 0.3) is 5.69 Å². The predicted molar refractivity (Wildman–Crippen MR) is 102 cm³/mol. The number of hydrogen-bond acceptors (Lipinski definition) is 9. The average Bonchev–Trinajstić information content (AvgIpc) is 2.58. The summed E-state index contributed by atoms with van der Waals surface area (Å²) in [6.07, 6.45) is 0. The van der Waals surface area contributed by atoms with Crippen LogP contribution in [0, 0.1) is 10.1 Å². The molecular weight excluding hydrogens is 392 g/mol. The number of ether oxygens (including phenoxy) is 1. The Labute approximate surface area is 163 Å². The number of sulfone groups is 1. The number of anilines is 1. The van der Waals surface area contributed by atoms with E-state index in [-0.39, 0.29) is 42.6 Å². The summed E-state index contributed by atoms with van der Waals surface area (Å²) in [6, 6.07) is 1.90. The van der Waals surface area contributed by atoms with Crippen LogP contribution < -0.4 is 4.90 Å². The highest BCUT2D eigenvalue weighted by atomic mass is 32.2. The third kappa shape index (κ3) is 5.88. The van der Waals surface area contributed by atoms with Gasteiger partial charge in [-0.3, -0.25) is 10.1 Å². The molecule has 0 bridgehead atoms. The molecule has 0 atom stereocenters. The molecule has 0 heterocycles. The van der Waals surface area contributed by atoms with E-state index >= 15 is 0 Å². The van der Waals surface area contributed by atoms with E-state index in [1.54, 1.807) is 20.8 Å². The van der Waals surface area contributed by atoms with Crippen molar-refractivity contribution >= 4 is 27.2 Å². The van der Waals surface area contributed by atoms with Gasteiger partial charge in [0.05, 0.1) is 34.5 Å². The van der Waals surface area contributed by atoms with E-state index < -0.39 is 37.6 Å². The van der Waals surface area contributed by atoms with E-state index in [9.17, 15) is 33.5 Å². The Bertz CT molecular complexity index is 824. The normalized spacial score (nSPS) is 11.9. The summed E-state index contributed by atoms with van der Waals surface area (Å²) in [7, 11) is -3.91. The molecule has 0 fully saturated rings. The van der Waals surface area contributed by atoms with Gasteiger partial charge in [0.15, 0.2) is 9.84 Å². The first-order valence-corrected chi connectivity index (χ1v) is 10.3. The summed E-state index contributed by atoms with van der Waals surface area (Å²) in [4.78, 5) is 24.2. The first kappa shape index (κ1) is 23.8. The van der Waals surface area contributed by atoms with Gasteiger partial charge in [-0.15, -0.1) is 0 Å². The van der Waals surface area contributed by atoms with Crippen LogP contribution >= 0.6 is 0 Å². The molecule has 0 amide bonds. The molecule has 11 heteroatoms. The monoisotopic (exact) mass is 418 g/mol. The minimum absolute atomic E-state index is 0.0172. The Morgan fingerprint density at radius 3 is 2.14 bits per heavy atom. The maximum atomic E-state index is 12.5. The Morgan fingerprint density at radius 1 is 1.21 bits per heavy atom. The highest BCUT2D eigenvalue weighted by Crippen LogP contribution is 2.34. The number of carbonyl (C=O) groups is 1. The molecule has 0 radical (unpaired) electrons. The van der Waals surface area contributed by atoms with Crippen LogP contribution in [0.5, 0.6) is 0 Å². The first-order valence-electron chi connectivity index (χ1n) is 8.63. The molecule has 0 unspecified atom stereocenters. The lowest BCUT2D eigenvalue weighted by Gasteiger charge is -2.26. The van der Waals surface area contributed by atoms with Crippen LogP contribution in [0.2, 0.25) is 0 Å². The molecule has 0 aromatic heterocycles. The minimum atomic E-state index is -3.91. The van der Waals surface area contributed by atoms with E-state index in [1.807, 2.05) is 0 Å². The fourth-order valence-corrected chi connectivity index (χ4v) is 3.56. The second-order valence-electron chi connectivity index (χ2n) is 6.93. The van der Waals surface area contributed by atoms with Crippen LogP contribution in [-0.4, -0.2) is 67.2 Å². The van der Waals surface area contributed by atoms with Gasteiger partial charge in [-0.1, -0.05) is 6.92 Å². The number of aliphatic hydroxyl groups excluding tert-OH is 2. The number of esters is 1. The van der Waals surface area contributed by atoms with Gasteiger partial charge in [-0.25, -0.2) is 13.2 Å². The molecule has 1 rings (SSSR count). The summed E-state index contributed by atoms with van der Waals surface area (Å²) >= 11 is 0. The summed E-state index contributed by atoms with van der Waals surface area (Å²) in [5.74, 6) is -1.30. The Kier molecular flexibility index (Phi) is 7.91. The summed E-state index contributed by atoms with van der Waals surface area (Å²) in [5, 5.41) is 30.1. The second kappa shape index (κ2) is 9.30. The lowest BCUT2D eigenvalue weighted by molar-refractivity contribution is -0.385. The van der Waals surface area contributed by atoms with Gasteiger partial charge < -0.3 is 19.8 Å². The zero-order valence-electron chi connectivity index (χ0n) is 16.3. The van der Waals surface area contributed by atoms with Crippen LogP contribution in [-0.2, 0) is 14.6 Å². The number of nitro benzene ring substituents is 1. The molecule has 0 saturated carbocycles. The number of aliphatic hydroxyl groups is 2. The van der Waals surface area contributed by atoms with Crippen LogP contribution in [0.1, 0.15) is 38.1 Å². The van der Waals surface area contributed by atoms with Crippen molar-refractivity contribution in [1.82, 2.24) is 0 Å². The van der Waals surface area contributed by atoms with Crippen LogP contribution in [0.15, 0.2) is 17.0 Å². The van der Waals surface area contributed by atoms with Crippen molar-refractivity contribution in [3.8, 4) is 0 Å². The smallest absolute Gasteiger partial charge is 0.345 e. The Hall–Kier alpha value is -2.24. The molecule has 1 aromatic carbocycles. The molecule has 0 saturated heterocycles. The van der Waals surface area contributed by atoms with E-state index in [2.05, 4.69) is 0 Å². The molecule has 10 nitrogen and oxygen atoms in total. The molecule has 158 valence electrons. The highest BCUT2D eigenvalue weighted by molar-refractivity contribution is 7.91. The molecule has 28 heavy (non-hydrogen) atoms. The maximum Gasteiger partial charge on any atom is 0.345 e. The number of carbonyl (C=O) groups excluding carboxylic acids is 1. The minimum Gasteiger partial charge on any atom is -0.456 e. The van der Waals surface area contributed by atoms with Crippen LogP contribution in [0.4, 0.5) is 11.4 Å². The lowest BCUT2D eigenvalue weighted by atomic mass is 10.1. The van der Waals surface area contributed by atoms with Crippen molar-refractivity contribution in [2.24, 2.45) is 0 Å². The quantitative estimate of drug-likeness (QED) is 0.342. The van der Waals surface area contributed by atoms with Crippen molar-refractivity contribution in [2.45, 2.75) is 38.2 Å². The van der Waals surface area contributed by atoms with Gasteiger partial charge in [0.1, 0.15) is 11.2 Å². The molecule has 0 aliphatic heterocycles. The number of rotatable bonds is 9. The number of nitrogens with zero attached hydrogens (tertiary/aromatic N) is 2. The molecule has 0 aliphatic carbocycles. The second-order valence-corrected chi connectivity index (χ2v) is 9.18. The molecule has 0 aliphatic rings. The van der Waals surface area contributed by atoms with Crippen molar-refractivity contribution in [1.29, 1.82) is 0 Å². The Morgan fingerprint density at radius 2 is 1.75 bits per heavy atom. The van der Waals surface area contributed by atoms with Gasteiger partial charge in [-0.05, 0) is 26.8 Å². The summed E-state index contributed by atoms with van der Waals surface area (Å²) in [6.45, 7) is 5.37. The third-order valence-corrected chi connectivity index (χ3v) is 5.45. The topological polar surface area (TPSA) is 147 Å². The number of nitro groups is 1. The van der Waals surface area contributed by atoms with Crippen molar-refractivity contribution < 1.29 is 33.1 Å². The first-order chi connectivity index (χ1) is 12.9. The zero-order valence-corrected chi connectivity index (χ0v) is 17.2. The fraction of sp³-hybridized carbons (Fsp3) is 0.588. The van der Waals surface area contributed by atoms with Crippen LogP contribution in [0.25, 0.3) is 0 Å². The van der Waals surface area contributed by atoms with E-state index in [0.29, 0.717) is 0 Å². The van der Waals surface area contributed by atoms with Gasteiger partial charge in [0, 0.05) is 19.2 Å². The number of hydrogen-bond donors (Lipinski definition) is 2. The standard InChI is InChI=1S/C17H26N2O8S/c1-5-28(25,26)15-11-13(19(23)24)12(16(22)27-17(2,3)4)10-14(15)18(6-8-20)7-9-21/h10-11,20-21H,5-9H2,1-4H3. The van der Waals surface area contributed by atoms with E-state index in [0.717, 1.165) is 12.1 Å². The van der Waals surface area contributed by atoms with Gasteiger partial charge >= 0.3 is 5.97 Å². The maximum absolute atomic E-state index is 12.5. The molecule has 1 aromatic rings. The lowest BCUT2D eigenvalue weighted by Crippen LogP contribution is -2.32. The van der Waals surface area contributed by atoms with Crippen molar-refractivity contribution in [2.75, 3.05) is 37.0 Å². The summed E-state index contributed by atoms with van der Waals surface area (Å²) in [5.41, 5.74) is -2.05. The predicted octanol–water partition coefficient (Wildman–Crippen LogP) is 1.13. The molecule has 0 spiro atoms. The van der Waals surface area contributed by atoms with E-state index in [1.165, 1.54) is 11.8 Å². The largest absolute Gasteiger partial charge is 0.456 e. The third-order valence-electron chi connectivity index (χ3n) is 3.69. The fourth-order valence-electron chi connectivity index (χ4n) is 2.45. The molecule has 2 N–H and O–H groups in total. The van der Waals surface area contributed by atoms with Gasteiger partial charge in [0.2, 0.25) is 0 Å². The van der Waals surface area contributed by atoms with Crippen LogP contribution in [0.3, 0.4) is 0 Å². The summed E-state index contributed by atoms with van der Waals surface area (Å²) < 4.78 is 30.3. The number of benzene rings is 1. The molecular formula is C17H26N2O8S. The van der Waals surface area contributed by atoms with E-state index in [4.69, 9.17) is 4.74 Å². The van der Waals surface area contributed by atoms with Crippen molar-refractivity contribution in [3.05, 3.63) is 27.8 Å². The van der Waals surface area contributed by atoms with Crippen molar-refractivity contribution in [3.63, 3.8) is 0 Å². The Balaban J connectivity index is 3.81. The SMILES string of the molecule is CCS(=O)(=O)c1cc([N+](=O)[O-])c(C(=O)OC(C)(C)C)cc1N(CCO)CCO. The zero-order chi connectivity index (χ0) is 21.7. The van der Waals surface area contributed by atoms with Gasteiger partial charge in [-0.2, -0.15) is 0 Å². The highest BCUT2D eigenvalue weighted by Gasteiger charge is 2.32. The average molecular weight is 418 g/mol.